The van der Waals surface area contributed by atoms with Crippen LogP contribution >= 0.6 is 0 Å². The predicted molar refractivity (Wildman–Crippen MR) is 113 cm³/mol. The van der Waals surface area contributed by atoms with E-state index < -0.39 is 11.9 Å². The summed E-state index contributed by atoms with van der Waals surface area (Å²) in [5.41, 5.74) is 1.73. The molecule has 1 atom stereocenters. The Labute approximate surface area is 178 Å². The molecule has 0 radical (unpaired) electrons. The third-order valence-electron chi connectivity index (χ3n) is 8.10. The second-order valence-electron chi connectivity index (χ2n) is 10.1. The van der Waals surface area contributed by atoms with Crippen LogP contribution in [0.3, 0.4) is 0 Å². The number of hydrogen-bond donors (Lipinski definition) is 0. The summed E-state index contributed by atoms with van der Waals surface area (Å²) in [6.45, 7) is 2.27. The Hall–Kier alpha value is -2.17. The predicted octanol–water partition coefficient (Wildman–Crippen LogP) is 3.93. The maximum absolute atomic E-state index is 13.1. The molecule has 160 valence electrons. The molecule has 0 aromatic heterocycles. The topological polar surface area (TPSA) is 63.7 Å². The standard InChI is InChI=1S/C25H31NO4/c1-2-19-5-3-4-6-21(19)26-14-20(10-23(26)28)24(29)30-15-22(27)25-11-16-7-17(12-25)9-18(8-16)13-25/h3-6,16-18,20H,2,7-15H2,1H3/t16?,17?,18?,20-,25?/m1/s1. The first kappa shape index (κ1) is 19.8. The molecule has 0 unspecified atom stereocenters. The molecule has 5 fully saturated rings. The third-order valence-corrected chi connectivity index (χ3v) is 8.10. The SMILES string of the molecule is CCc1ccccc1N1C[C@H](C(=O)OCC(=O)C23CC4CC(CC(C4)C2)C3)CC1=O. The summed E-state index contributed by atoms with van der Waals surface area (Å²) in [5, 5.41) is 0. The van der Waals surface area contributed by atoms with Gasteiger partial charge in [0.15, 0.2) is 12.4 Å². The summed E-state index contributed by atoms with van der Waals surface area (Å²) in [4.78, 5) is 40.1. The first-order chi connectivity index (χ1) is 14.5. The van der Waals surface area contributed by atoms with Crippen molar-refractivity contribution in [2.24, 2.45) is 29.1 Å². The van der Waals surface area contributed by atoms with Crippen LogP contribution in [0.4, 0.5) is 5.69 Å². The molecule has 30 heavy (non-hydrogen) atoms. The number of esters is 1. The molecule has 1 amide bonds. The fraction of sp³-hybridized carbons (Fsp3) is 0.640. The Morgan fingerprint density at radius 2 is 1.70 bits per heavy atom. The van der Waals surface area contributed by atoms with E-state index in [-0.39, 0.29) is 30.1 Å². The van der Waals surface area contributed by atoms with Crippen LogP contribution in [0.2, 0.25) is 0 Å². The van der Waals surface area contributed by atoms with Crippen molar-refractivity contribution in [3.63, 3.8) is 0 Å². The van der Waals surface area contributed by atoms with E-state index in [0.29, 0.717) is 24.3 Å². The molecular weight excluding hydrogens is 378 g/mol. The number of hydrogen-bond acceptors (Lipinski definition) is 4. The second kappa shape index (κ2) is 7.51. The van der Waals surface area contributed by atoms with Gasteiger partial charge in [-0.2, -0.15) is 0 Å². The molecule has 1 aromatic carbocycles. The van der Waals surface area contributed by atoms with Crippen LogP contribution in [-0.4, -0.2) is 30.8 Å². The van der Waals surface area contributed by atoms with Crippen molar-refractivity contribution in [3.05, 3.63) is 29.8 Å². The van der Waals surface area contributed by atoms with Crippen molar-refractivity contribution in [1.82, 2.24) is 0 Å². The highest BCUT2D eigenvalue weighted by atomic mass is 16.5. The van der Waals surface area contributed by atoms with Gasteiger partial charge in [0.2, 0.25) is 5.91 Å². The van der Waals surface area contributed by atoms with Crippen LogP contribution in [0.25, 0.3) is 0 Å². The van der Waals surface area contributed by atoms with Crippen molar-refractivity contribution in [1.29, 1.82) is 0 Å². The number of para-hydroxylation sites is 1. The van der Waals surface area contributed by atoms with E-state index in [1.165, 1.54) is 19.3 Å². The van der Waals surface area contributed by atoms with Crippen molar-refractivity contribution in [2.75, 3.05) is 18.1 Å². The minimum Gasteiger partial charge on any atom is -0.457 e. The molecule has 6 rings (SSSR count). The molecular formula is C25H31NO4. The molecule has 5 heteroatoms. The smallest absolute Gasteiger partial charge is 0.311 e. The van der Waals surface area contributed by atoms with E-state index in [1.807, 2.05) is 24.3 Å². The monoisotopic (exact) mass is 409 g/mol. The summed E-state index contributed by atoms with van der Waals surface area (Å²) < 4.78 is 5.50. The molecule has 4 saturated carbocycles. The molecule has 1 saturated heterocycles. The second-order valence-corrected chi connectivity index (χ2v) is 10.1. The normalized spacial score (nSPS) is 34.4. The fourth-order valence-electron chi connectivity index (χ4n) is 7.03. The molecule has 1 heterocycles. The zero-order chi connectivity index (χ0) is 20.9. The number of ether oxygens (including phenoxy) is 1. The highest BCUT2D eigenvalue weighted by molar-refractivity contribution is 6.00. The van der Waals surface area contributed by atoms with E-state index in [9.17, 15) is 14.4 Å². The Bertz CT molecular complexity index is 840. The summed E-state index contributed by atoms with van der Waals surface area (Å²) in [5.74, 6) is 1.24. The van der Waals surface area contributed by atoms with Gasteiger partial charge >= 0.3 is 5.97 Å². The average Bonchev–Trinajstić information content (AvgIpc) is 3.12. The zero-order valence-electron chi connectivity index (χ0n) is 17.8. The van der Waals surface area contributed by atoms with Crippen molar-refractivity contribution >= 4 is 23.3 Å². The lowest BCUT2D eigenvalue weighted by Gasteiger charge is -2.55. The zero-order valence-corrected chi connectivity index (χ0v) is 17.8. The highest BCUT2D eigenvalue weighted by Crippen LogP contribution is 2.60. The van der Waals surface area contributed by atoms with Gasteiger partial charge < -0.3 is 9.64 Å². The van der Waals surface area contributed by atoms with Crippen LogP contribution in [-0.2, 0) is 25.5 Å². The average molecular weight is 410 g/mol. The number of benzene rings is 1. The van der Waals surface area contributed by atoms with Gasteiger partial charge in [0, 0.05) is 24.1 Å². The lowest BCUT2D eigenvalue weighted by molar-refractivity contribution is -0.160. The Morgan fingerprint density at radius 1 is 1.07 bits per heavy atom. The van der Waals surface area contributed by atoms with Crippen LogP contribution in [0.1, 0.15) is 57.4 Å². The number of Topliss-reactive ketones (excluding diaryl/α,β-unsaturated/α-hetero) is 1. The van der Waals surface area contributed by atoms with Crippen molar-refractivity contribution in [2.45, 2.75) is 58.3 Å². The van der Waals surface area contributed by atoms with E-state index >= 15 is 0 Å². The van der Waals surface area contributed by atoms with Gasteiger partial charge in [-0.05, 0) is 74.3 Å². The van der Waals surface area contributed by atoms with E-state index in [1.54, 1.807) is 4.90 Å². The molecule has 0 N–H and O–H groups in total. The van der Waals surface area contributed by atoms with E-state index in [2.05, 4.69) is 6.92 Å². The first-order valence-corrected chi connectivity index (χ1v) is 11.6. The largest absolute Gasteiger partial charge is 0.457 e. The Morgan fingerprint density at radius 3 is 2.33 bits per heavy atom. The molecule has 5 aliphatic rings. The van der Waals surface area contributed by atoms with Gasteiger partial charge in [-0.25, -0.2) is 0 Å². The molecule has 5 nitrogen and oxygen atoms in total. The third kappa shape index (κ3) is 3.36. The van der Waals surface area contributed by atoms with E-state index in [4.69, 9.17) is 4.74 Å². The number of ketones is 1. The first-order valence-electron chi connectivity index (χ1n) is 11.6. The van der Waals surface area contributed by atoms with Crippen LogP contribution in [0.15, 0.2) is 24.3 Å². The van der Waals surface area contributed by atoms with Crippen molar-refractivity contribution in [3.8, 4) is 0 Å². The summed E-state index contributed by atoms with van der Waals surface area (Å²) in [7, 11) is 0. The maximum atomic E-state index is 13.1. The summed E-state index contributed by atoms with van der Waals surface area (Å²) >= 11 is 0. The minimum absolute atomic E-state index is 0.0507. The van der Waals surface area contributed by atoms with Crippen LogP contribution < -0.4 is 4.90 Å². The molecule has 1 aliphatic heterocycles. The Kier molecular flexibility index (Phi) is 4.95. The van der Waals surface area contributed by atoms with Gasteiger partial charge in [-0.15, -0.1) is 0 Å². The van der Waals surface area contributed by atoms with E-state index in [0.717, 1.165) is 36.9 Å². The number of aryl methyl sites for hydroxylation is 1. The van der Waals surface area contributed by atoms with Gasteiger partial charge in [0.1, 0.15) is 0 Å². The molecule has 4 bridgehead atoms. The van der Waals surface area contributed by atoms with Crippen molar-refractivity contribution < 1.29 is 19.1 Å². The number of amides is 1. The summed E-state index contributed by atoms with van der Waals surface area (Å²) in [6.07, 6.45) is 7.79. The summed E-state index contributed by atoms with van der Waals surface area (Å²) in [6, 6.07) is 7.82. The fourth-order valence-corrected chi connectivity index (χ4v) is 7.03. The number of carbonyl (C=O) groups is 3. The molecule has 1 aromatic rings. The van der Waals surface area contributed by atoms with Crippen LogP contribution in [0.5, 0.6) is 0 Å². The minimum atomic E-state index is -0.494. The Balaban J connectivity index is 1.20. The number of rotatable bonds is 6. The molecule has 0 spiro atoms. The number of carbonyl (C=O) groups excluding carboxylic acids is 3. The number of nitrogens with zero attached hydrogens (tertiary/aromatic N) is 1. The van der Waals surface area contributed by atoms with Crippen LogP contribution in [0, 0.1) is 29.1 Å². The highest BCUT2D eigenvalue weighted by Gasteiger charge is 2.54. The number of anilines is 1. The maximum Gasteiger partial charge on any atom is 0.311 e. The lowest BCUT2D eigenvalue weighted by Crippen LogP contribution is -2.51. The van der Waals surface area contributed by atoms with Gasteiger partial charge in [-0.1, -0.05) is 25.1 Å². The molecule has 4 aliphatic carbocycles. The van der Waals surface area contributed by atoms with Gasteiger partial charge in [0.25, 0.3) is 0 Å². The van der Waals surface area contributed by atoms with Gasteiger partial charge in [-0.3, -0.25) is 14.4 Å². The lowest BCUT2D eigenvalue weighted by atomic mass is 9.48. The van der Waals surface area contributed by atoms with Gasteiger partial charge in [0.05, 0.1) is 5.92 Å². The quantitative estimate of drug-likeness (QED) is 0.668.